The second-order valence-corrected chi connectivity index (χ2v) is 4.75. The van der Waals surface area contributed by atoms with E-state index in [2.05, 4.69) is 10.6 Å². The van der Waals surface area contributed by atoms with Gasteiger partial charge in [-0.3, -0.25) is 4.79 Å². The van der Waals surface area contributed by atoms with Gasteiger partial charge in [-0.1, -0.05) is 12.1 Å². The summed E-state index contributed by atoms with van der Waals surface area (Å²) in [5, 5.41) is 6.38. The molecule has 3 nitrogen and oxygen atoms in total. The molecule has 3 heteroatoms. The fourth-order valence-corrected chi connectivity index (χ4v) is 2.24. The van der Waals surface area contributed by atoms with Crippen molar-refractivity contribution in [1.29, 1.82) is 0 Å². The molecule has 1 aliphatic rings. The van der Waals surface area contributed by atoms with Crippen LogP contribution in [0.15, 0.2) is 18.2 Å². The number of hydrogen-bond acceptors (Lipinski definition) is 2. The van der Waals surface area contributed by atoms with Crippen molar-refractivity contribution in [1.82, 2.24) is 10.6 Å². The van der Waals surface area contributed by atoms with Crippen molar-refractivity contribution in [3.05, 3.63) is 34.9 Å². The number of benzene rings is 1. The van der Waals surface area contributed by atoms with Crippen LogP contribution in [0.3, 0.4) is 0 Å². The third-order valence-corrected chi connectivity index (χ3v) is 3.52. The molecule has 2 N–H and O–H groups in total. The molecule has 0 aliphatic carbocycles. The molecule has 1 atom stereocenters. The van der Waals surface area contributed by atoms with Gasteiger partial charge in [-0.15, -0.1) is 0 Å². The molecular weight excluding hydrogens is 212 g/mol. The monoisotopic (exact) mass is 232 g/mol. The van der Waals surface area contributed by atoms with Gasteiger partial charge < -0.3 is 10.6 Å². The Bertz CT molecular complexity index is 409. The summed E-state index contributed by atoms with van der Waals surface area (Å²) in [6.45, 7) is 5.83. The number of aryl methyl sites for hydroxylation is 1. The lowest BCUT2D eigenvalue weighted by molar-refractivity contribution is 0.0949. The summed E-state index contributed by atoms with van der Waals surface area (Å²) < 4.78 is 0. The van der Waals surface area contributed by atoms with Gasteiger partial charge in [-0.05, 0) is 50.4 Å². The van der Waals surface area contributed by atoms with Gasteiger partial charge in [0.15, 0.2) is 0 Å². The Morgan fingerprint density at radius 3 is 3.00 bits per heavy atom. The Labute approximate surface area is 103 Å². The van der Waals surface area contributed by atoms with Gasteiger partial charge in [0, 0.05) is 18.2 Å². The smallest absolute Gasteiger partial charge is 0.251 e. The molecular formula is C14H20N2O. The molecule has 1 aromatic carbocycles. The van der Waals surface area contributed by atoms with Gasteiger partial charge in [-0.2, -0.15) is 0 Å². The average molecular weight is 232 g/mol. The minimum Gasteiger partial charge on any atom is -0.350 e. The van der Waals surface area contributed by atoms with Crippen molar-refractivity contribution in [2.45, 2.75) is 32.7 Å². The third-order valence-electron chi connectivity index (χ3n) is 3.52. The Morgan fingerprint density at radius 2 is 2.29 bits per heavy atom. The summed E-state index contributed by atoms with van der Waals surface area (Å²) in [7, 11) is 0. The largest absolute Gasteiger partial charge is 0.350 e. The van der Waals surface area contributed by atoms with E-state index in [1.807, 2.05) is 32.0 Å². The van der Waals surface area contributed by atoms with Crippen molar-refractivity contribution in [2.24, 2.45) is 0 Å². The normalized spacial score (nSPS) is 19.3. The lowest BCUT2D eigenvalue weighted by Gasteiger charge is -2.13. The second kappa shape index (κ2) is 5.32. The van der Waals surface area contributed by atoms with E-state index < -0.39 is 0 Å². The molecule has 1 aliphatic heterocycles. The molecule has 0 spiro atoms. The zero-order chi connectivity index (χ0) is 12.3. The minimum absolute atomic E-state index is 0.0416. The molecule has 1 unspecified atom stereocenters. The van der Waals surface area contributed by atoms with E-state index in [1.165, 1.54) is 6.42 Å². The molecule has 0 aromatic heterocycles. The van der Waals surface area contributed by atoms with E-state index in [0.717, 1.165) is 36.2 Å². The summed E-state index contributed by atoms with van der Waals surface area (Å²) in [4.78, 5) is 12.0. The number of carbonyl (C=O) groups excluding carboxylic acids is 1. The number of amides is 1. The Balaban J connectivity index is 1.97. The van der Waals surface area contributed by atoms with E-state index in [1.54, 1.807) is 0 Å². The third kappa shape index (κ3) is 2.86. The molecule has 1 heterocycles. The quantitative estimate of drug-likeness (QED) is 0.834. The van der Waals surface area contributed by atoms with Crippen LogP contribution in [-0.2, 0) is 0 Å². The first-order valence-corrected chi connectivity index (χ1v) is 6.26. The molecule has 0 radical (unpaired) electrons. The predicted molar refractivity (Wildman–Crippen MR) is 69.3 cm³/mol. The van der Waals surface area contributed by atoms with E-state index >= 15 is 0 Å². The SMILES string of the molecule is Cc1cccc(C(=O)NCC2CCCN2)c1C. The fourth-order valence-electron chi connectivity index (χ4n) is 2.24. The van der Waals surface area contributed by atoms with Crippen molar-refractivity contribution >= 4 is 5.91 Å². The number of carbonyl (C=O) groups is 1. The number of hydrogen-bond donors (Lipinski definition) is 2. The summed E-state index contributed by atoms with van der Waals surface area (Å²) >= 11 is 0. The lowest BCUT2D eigenvalue weighted by atomic mass is 10.0. The zero-order valence-corrected chi connectivity index (χ0v) is 10.5. The highest BCUT2D eigenvalue weighted by Crippen LogP contribution is 2.12. The van der Waals surface area contributed by atoms with E-state index in [-0.39, 0.29) is 5.91 Å². The molecule has 1 fully saturated rings. The average Bonchev–Trinajstić information content (AvgIpc) is 2.82. The van der Waals surface area contributed by atoms with Gasteiger partial charge in [0.2, 0.25) is 0 Å². The molecule has 2 rings (SSSR count). The van der Waals surface area contributed by atoms with Crippen molar-refractivity contribution in [3.63, 3.8) is 0 Å². The Hall–Kier alpha value is -1.35. The van der Waals surface area contributed by atoms with Crippen LogP contribution in [0.25, 0.3) is 0 Å². The standard InChI is InChI=1S/C14H20N2O/c1-10-5-3-7-13(11(10)2)14(17)16-9-12-6-4-8-15-12/h3,5,7,12,15H,4,6,8-9H2,1-2H3,(H,16,17). The maximum absolute atomic E-state index is 12.0. The van der Waals surface area contributed by atoms with Crippen LogP contribution in [-0.4, -0.2) is 25.0 Å². The summed E-state index contributed by atoms with van der Waals surface area (Å²) in [5.74, 6) is 0.0416. The van der Waals surface area contributed by atoms with E-state index in [4.69, 9.17) is 0 Å². The molecule has 17 heavy (non-hydrogen) atoms. The van der Waals surface area contributed by atoms with Crippen molar-refractivity contribution in [3.8, 4) is 0 Å². The van der Waals surface area contributed by atoms with Gasteiger partial charge in [0.05, 0.1) is 0 Å². The number of nitrogens with one attached hydrogen (secondary N) is 2. The van der Waals surface area contributed by atoms with Gasteiger partial charge >= 0.3 is 0 Å². The zero-order valence-electron chi connectivity index (χ0n) is 10.5. The van der Waals surface area contributed by atoms with Crippen molar-refractivity contribution < 1.29 is 4.79 Å². The van der Waals surface area contributed by atoms with Crippen LogP contribution in [0, 0.1) is 13.8 Å². The minimum atomic E-state index is 0.0416. The molecule has 92 valence electrons. The van der Waals surface area contributed by atoms with Crippen LogP contribution >= 0.6 is 0 Å². The van der Waals surface area contributed by atoms with Crippen LogP contribution in [0.2, 0.25) is 0 Å². The highest BCUT2D eigenvalue weighted by atomic mass is 16.1. The molecule has 1 amide bonds. The first-order chi connectivity index (χ1) is 8.18. The highest BCUT2D eigenvalue weighted by molar-refractivity contribution is 5.95. The molecule has 1 aromatic rings. The van der Waals surface area contributed by atoms with Crippen LogP contribution < -0.4 is 10.6 Å². The van der Waals surface area contributed by atoms with Gasteiger partial charge in [0.1, 0.15) is 0 Å². The summed E-state index contributed by atoms with van der Waals surface area (Å²) in [6.07, 6.45) is 2.37. The molecule has 1 saturated heterocycles. The lowest BCUT2D eigenvalue weighted by Crippen LogP contribution is -2.37. The Morgan fingerprint density at radius 1 is 1.47 bits per heavy atom. The van der Waals surface area contributed by atoms with Crippen molar-refractivity contribution in [2.75, 3.05) is 13.1 Å². The Kier molecular flexibility index (Phi) is 3.79. The second-order valence-electron chi connectivity index (χ2n) is 4.75. The predicted octanol–water partition coefficient (Wildman–Crippen LogP) is 1.79. The van der Waals surface area contributed by atoms with E-state index in [9.17, 15) is 4.79 Å². The van der Waals surface area contributed by atoms with Crippen LogP contribution in [0.1, 0.15) is 34.3 Å². The molecule has 0 bridgehead atoms. The maximum Gasteiger partial charge on any atom is 0.251 e. The number of rotatable bonds is 3. The summed E-state index contributed by atoms with van der Waals surface area (Å²) in [6, 6.07) is 6.30. The fraction of sp³-hybridized carbons (Fsp3) is 0.500. The highest BCUT2D eigenvalue weighted by Gasteiger charge is 2.16. The van der Waals surface area contributed by atoms with Crippen LogP contribution in [0.5, 0.6) is 0 Å². The first kappa shape index (κ1) is 12.1. The van der Waals surface area contributed by atoms with E-state index in [0.29, 0.717) is 6.04 Å². The maximum atomic E-state index is 12.0. The summed E-state index contributed by atoms with van der Waals surface area (Å²) in [5.41, 5.74) is 3.03. The van der Waals surface area contributed by atoms with Crippen LogP contribution in [0.4, 0.5) is 0 Å². The topological polar surface area (TPSA) is 41.1 Å². The first-order valence-electron chi connectivity index (χ1n) is 6.26. The van der Waals surface area contributed by atoms with Gasteiger partial charge in [0.25, 0.3) is 5.91 Å². The van der Waals surface area contributed by atoms with Gasteiger partial charge in [-0.25, -0.2) is 0 Å². The molecule has 0 saturated carbocycles.